The topological polar surface area (TPSA) is 37.7 Å². The summed E-state index contributed by atoms with van der Waals surface area (Å²) in [5, 5.41) is 0.877. The van der Waals surface area contributed by atoms with Crippen LogP contribution in [0.3, 0.4) is 0 Å². The van der Waals surface area contributed by atoms with Gasteiger partial charge >= 0.3 is 0 Å². The number of amides is 1. The molecule has 0 radical (unpaired) electrons. The molecule has 0 atom stereocenters. The number of benzene rings is 1. The van der Waals surface area contributed by atoms with Crippen molar-refractivity contribution in [3.63, 3.8) is 0 Å². The van der Waals surface area contributed by atoms with E-state index in [0.717, 1.165) is 87.5 Å². The minimum Gasteiger partial charge on any atom is -0.379 e. The number of hydrogen-bond donors (Lipinski definition) is 0. The Morgan fingerprint density at radius 3 is 2.59 bits per heavy atom. The Morgan fingerprint density at radius 2 is 1.85 bits per heavy atom. The summed E-state index contributed by atoms with van der Waals surface area (Å²) in [6.07, 6.45) is 2.53. The van der Waals surface area contributed by atoms with Crippen LogP contribution in [-0.2, 0) is 22.5 Å². The number of rotatable bonds is 5. The van der Waals surface area contributed by atoms with Crippen LogP contribution in [0.4, 0.5) is 4.39 Å². The van der Waals surface area contributed by atoms with Crippen molar-refractivity contribution in [2.75, 3.05) is 45.9 Å². The summed E-state index contributed by atoms with van der Waals surface area (Å²) >= 11 is 0. The zero-order valence-corrected chi connectivity index (χ0v) is 16.0. The van der Waals surface area contributed by atoms with Crippen molar-refractivity contribution >= 4 is 16.8 Å². The number of carbonyl (C=O) groups is 1. The quantitative estimate of drug-likeness (QED) is 0.809. The van der Waals surface area contributed by atoms with Crippen molar-refractivity contribution in [3.05, 3.63) is 35.3 Å². The Balaban J connectivity index is 1.60. The molecule has 0 saturated carbocycles. The molecule has 0 N–H and O–H groups in total. The summed E-state index contributed by atoms with van der Waals surface area (Å²) in [5.41, 5.74) is 3.08. The molecule has 0 spiro atoms. The molecule has 0 unspecified atom stereocenters. The smallest absolute Gasteiger partial charge is 0.227 e. The highest BCUT2D eigenvalue weighted by Crippen LogP contribution is 2.28. The summed E-state index contributed by atoms with van der Waals surface area (Å²) in [5.74, 6) is -0.0882. The van der Waals surface area contributed by atoms with E-state index in [1.165, 1.54) is 6.07 Å². The van der Waals surface area contributed by atoms with Gasteiger partial charge in [0, 0.05) is 55.9 Å². The first-order valence-corrected chi connectivity index (χ1v) is 9.98. The standard InChI is InChI=1S/C21H28FN3O2/c1-16-18(15-21(26)24-6-2-3-7-24)19-14-17(22)4-5-20(19)25(16)9-8-23-10-12-27-13-11-23/h4-5,14H,2-3,6-13,15H2,1H3. The molecule has 146 valence electrons. The summed E-state index contributed by atoms with van der Waals surface area (Å²) in [4.78, 5) is 17.0. The number of morpholine rings is 1. The first-order valence-electron chi connectivity index (χ1n) is 9.98. The minimum atomic E-state index is -0.247. The van der Waals surface area contributed by atoms with Gasteiger partial charge in [-0.25, -0.2) is 4.39 Å². The van der Waals surface area contributed by atoms with Gasteiger partial charge in [0.25, 0.3) is 0 Å². The fraction of sp³-hybridized carbons (Fsp3) is 0.571. The summed E-state index contributed by atoms with van der Waals surface area (Å²) < 4.78 is 21.6. The van der Waals surface area contributed by atoms with Crippen LogP contribution in [0.1, 0.15) is 24.1 Å². The minimum absolute atomic E-state index is 0.159. The van der Waals surface area contributed by atoms with Gasteiger partial charge in [0.1, 0.15) is 5.82 Å². The molecule has 2 saturated heterocycles. The van der Waals surface area contributed by atoms with E-state index in [9.17, 15) is 9.18 Å². The fourth-order valence-electron chi connectivity index (χ4n) is 4.33. The molecule has 1 aromatic heterocycles. The maximum Gasteiger partial charge on any atom is 0.227 e. The maximum atomic E-state index is 13.9. The van der Waals surface area contributed by atoms with Gasteiger partial charge in [-0.3, -0.25) is 9.69 Å². The highest BCUT2D eigenvalue weighted by atomic mass is 19.1. The molecule has 5 nitrogen and oxygen atoms in total. The van der Waals surface area contributed by atoms with E-state index in [4.69, 9.17) is 4.74 Å². The molecule has 0 aliphatic carbocycles. The third-order valence-corrected chi connectivity index (χ3v) is 5.95. The second-order valence-corrected chi connectivity index (χ2v) is 7.60. The highest BCUT2D eigenvalue weighted by Gasteiger charge is 2.23. The Bertz CT molecular complexity index is 820. The van der Waals surface area contributed by atoms with Crippen molar-refractivity contribution in [2.45, 2.75) is 32.7 Å². The van der Waals surface area contributed by atoms with E-state index in [1.807, 2.05) is 11.0 Å². The van der Waals surface area contributed by atoms with Crippen molar-refractivity contribution < 1.29 is 13.9 Å². The molecule has 27 heavy (non-hydrogen) atoms. The lowest BCUT2D eigenvalue weighted by Gasteiger charge is -2.27. The molecule has 6 heteroatoms. The number of carbonyl (C=O) groups excluding carboxylic acids is 1. The molecule has 2 aliphatic rings. The van der Waals surface area contributed by atoms with Crippen molar-refractivity contribution in [2.24, 2.45) is 0 Å². The van der Waals surface area contributed by atoms with E-state index in [1.54, 1.807) is 6.07 Å². The van der Waals surface area contributed by atoms with Crippen molar-refractivity contribution in [1.82, 2.24) is 14.4 Å². The predicted octanol–water partition coefficient (Wildman–Crippen LogP) is 2.59. The normalized spacial score (nSPS) is 18.5. The second-order valence-electron chi connectivity index (χ2n) is 7.60. The van der Waals surface area contributed by atoms with Crippen LogP contribution in [0.25, 0.3) is 10.9 Å². The highest BCUT2D eigenvalue weighted by molar-refractivity contribution is 5.91. The average molecular weight is 373 g/mol. The molecule has 2 aliphatic heterocycles. The molecule has 1 aromatic carbocycles. The van der Waals surface area contributed by atoms with Crippen LogP contribution in [0, 0.1) is 12.7 Å². The van der Waals surface area contributed by atoms with Crippen molar-refractivity contribution in [1.29, 1.82) is 0 Å². The fourth-order valence-corrected chi connectivity index (χ4v) is 4.33. The van der Waals surface area contributed by atoms with E-state index < -0.39 is 0 Å². The lowest BCUT2D eigenvalue weighted by molar-refractivity contribution is -0.129. The predicted molar refractivity (Wildman–Crippen MR) is 103 cm³/mol. The van der Waals surface area contributed by atoms with Crippen LogP contribution < -0.4 is 0 Å². The van der Waals surface area contributed by atoms with E-state index in [2.05, 4.69) is 16.4 Å². The zero-order valence-electron chi connectivity index (χ0n) is 16.0. The molecule has 1 amide bonds. The zero-order chi connectivity index (χ0) is 18.8. The number of likely N-dealkylation sites (tertiary alicyclic amines) is 1. The molecule has 4 rings (SSSR count). The van der Waals surface area contributed by atoms with Crippen LogP contribution in [-0.4, -0.2) is 66.2 Å². The first kappa shape index (κ1) is 18.4. The van der Waals surface area contributed by atoms with Crippen LogP contribution in [0.5, 0.6) is 0 Å². The molecule has 2 aromatic rings. The van der Waals surface area contributed by atoms with Gasteiger partial charge in [-0.2, -0.15) is 0 Å². The average Bonchev–Trinajstić information content (AvgIpc) is 3.29. The van der Waals surface area contributed by atoms with E-state index >= 15 is 0 Å². The summed E-state index contributed by atoms with van der Waals surface area (Å²) in [6, 6.07) is 4.94. The summed E-state index contributed by atoms with van der Waals surface area (Å²) in [7, 11) is 0. The number of ether oxygens (including phenoxy) is 1. The van der Waals surface area contributed by atoms with Gasteiger partial charge in [0.05, 0.1) is 19.6 Å². The third kappa shape index (κ3) is 3.87. The third-order valence-electron chi connectivity index (χ3n) is 5.95. The van der Waals surface area contributed by atoms with Gasteiger partial charge < -0.3 is 14.2 Å². The van der Waals surface area contributed by atoms with Crippen molar-refractivity contribution in [3.8, 4) is 0 Å². The van der Waals surface area contributed by atoms with Crippen LogP contribution in [0.2, 0.25) is 0 Å². The molecular formula is C21H28FN3O2. The van der Waals surface area contributed by atoms with Gasteiger partial charge in [0.2, 0.25) is 5.91 Å². The molecule has 3 heterocycles. The first-order chi connectivity index (χ1) is 13.1. The van der Waals surface area contributed by atoms with Gasteiger partial charge in [0.15, 0.2) is 0 Å². The largest absolute Gasteiger partial charge is 0.379 e. The van der Waals surface area contributed by atoms with E-state index in [0.29, 0.717) is 6.42 Å². The maximum absolute atomic E-state index is 13.9. The number of aromatic nitrogens is 1. The van der Waals surface area contributed by atoms with E-state index in [-0.39, 0.29) is 11.7 Å². The number of halogens is 1. The monoisotopic (exact) mass is 373 g/mol. The second kappa shape index (κ2) is 7.98. The molecule has 2 fully saturated rings. The van der Waals surface area contributed by atoms with Gasteiger partial charge in [-0.15, -0.1) is 0 Å². The summed E-state index contributed by atoms with van der Waals surface area (Å²) in [6.45, 7) is 9.00. The lowest BCUT2D eigenvalue weighted by atomic mass is 10.1. The molecular weight excluding hydrogens is 345 g/mol. The lowest BCUT2D eigenvalue weighted by Crippen LogP contribution is -2.38. The van der Waals surface area contributed by atoms with Gasteiger partial charge in [-0.05, 0) is 43.5 Å². The Kier molecular flexibility index (Phi) is 5.45. The number of nitrogens with zero attached hydrogens (tertiary/aromatic N) is 3. The van der Waals surface area contributed by atoms with Crippen LogP contribution >= 0.6 is 0 Å². The SMILES string of the molecule is Cc1c(CC(=O)N2CCCC2)c2cc(F)ccc2n1CCN1CCOCC1. The molecule has 0 bridgehead atoms. The van der Waals surface area contributed by atoms with Crippen LogP contribution in [0.15, 0.2) is 18.2 Å². The Labute approximate surface area is 159 Å². The Hall–Kier alpha value is -1.92. The Morgan fingerprint density at radius 1 is 1.11 bits per heavy atom. The number of fused-ring (bicyclic) bond motifs is 1. The van der Waals surface area contributed by atoms with Gasteiger partial charge in [-0.1, -0.05) is 0 Å². The number of hydrogen-bond acceptors (Lipinski definition) is 3.